The Morgan fingerprint density at radius 3 is 2.42 bits per heavy atom. The maximum atomic E-state index is 9.57. The Labute approximate surface area is 111 Å². The second-order valence-electron chi connectivity index (χ2n) is 5.04. The quantitative estimate of drug-likeness (QED) is 0.691. The van der Waals surface area contributed by atoms with Gasteiger partial charge in [-0.3, -0.25) is 0 Å². The molecule has 0 aliphatic rings. The third kappa shape index (κ3) is 1.97. The molecule has 96 valence electrons. The van der Waals surface area contributed by atoms with E-state index in [1.807, 2.05) is 19.1 Å². The summed E-state index contributed by atoms with van der Waals surface area (Å²) < 4.78 is 0. The highest BCUT2D eigenvalue weighted by molar-refractivity contribution is 5.81. The van der Waals surface area contributed by atoms with E-state index in [0.29, 0.717) is 5.75 Å². The van der Waals surface area contributed by atoms with Crippen LogP contribution in [0.25, 0.3) is 22.4 Å². The molecule has 0 fully saturated rings. The summed E-state index contributed by atoms with van der Waals surface area (Å²) in [6, 6.07) is 9.73. The van der Waals surface area contributed by atoms with Crippen LogP contribution in [0.5, 0.6) is 5.75 Å². The van der Waals surface area contributed by atoms with Crippen molar-refractivity contribution in [2.24, 2.45) is 0 Å². The lowest BCUT2D eigenvalue weighted by Crippen LogP contribution is -1.82. The highest BCUT2D eigenvalue weighted by Crippen LogP contribution is 2.26. The molecule has 3 rings (SSSR count). The van der Waals surface area contributed by atoms with Gasteiger partial charge in [-0.2, -0.15) is 0 Å². The van der Waals surface area contributed by atoms with Crippen molar-refractivity contribution in [1.29, 1.82) is 0 Å². The molecule has 2 N–H and O–H groups in total. The van der Waals surface area contributed by atoms with Crippen LogP contribution < -0.4 is 0 Å². The summed E-state index contributed by atoms with van der Waals surface area (Å²) in [5, 5.41) is 9.57. The number of aryl methyl sites for hydroxylation is 3. The Bertz CT molecular complexity index is 733. The maximum Gasteiger partial charge on any atom is 0.138 e. The Kier molecular flexibility index (Phi) is 2.56. The summed E-state index contributed by atoms with van der Waals surface area (Å²) in [7, 11) is 0. The molecule has 1 heterocycles. The van der Waals surface area contributed by atoms with Crippen molar-refractivity contribution in [3.63, 3.8) is 0 Å². The van der Waals surface area contributed by atoms with Crippen LogP contribution >= 0.6 is 0 Å². The number of aromatic nitrogens is 2. The monoisotopic (exact) mass is 252 g/mol. The zero-order valence-corrected chi connectivity index (χ0v) is 11.3. The number of hydrogen-bond acceptors (Lipinski definition) is 2. The fraction of sp³-hybridized carbons (Fsp3) is 0.188. The van der Waals surface area contributed by atoms with Crippen LogP contribution in [0.4, 0.5) is 0 Å². The lowest BCUT2D eigenvalue weighted by atomic mass is 10.1. The number of imidazole rings is 1. The van der Waals surface area contributed by atoms with E-state index >= 15 is 0 Å². The van der Waals surface area contributed by atoms with Gasteiger partial charge in [0.05, 0.1) is 11.0 Å². The molecular formula is C16H16N2O. The van der Waals surface area contributed by atoms with Gasteiger partial charge in [-0.15, -0.1) is 0 Å². The molecule has 3 heteroatoms. The molecule has 0 aliphatic heterocycles. The largest absolute Gasteiger partial charge is 0.508 e. The van der Waals surface area contributed by atoms with Crippen molar-refractivity contribution >= 4 is 11.0 Å². The number of benzene rings is 2. The summed E-state index contributed by atoms with van der Waals surface area (Å²) in [5.41, 5.74) is 6.36. The van der Waals surface area contributed by atoms with Gasteiger partial charge in [0.1, 0.15) is 11.6 Å². The molecule has 1 aromatic heterocycles. The van der Waals surface area contributed by atoms with Gasteiger partial charge in [0.15, 0.2) is 0 Å². The number of nitrogens with one attached hydrogen (secondary N) is 1. The molecule has 0 unspecified atom stereocenters. The zero-order chi connectivity index (χ0) is 13.6. The molecule has 0 atom stereocenters. The standard InChI is InChI=1S/C16H16N2O/c1-9-7-13-14(8-10(9)2)18-16(17-13)12-4-5-15(19)11(3)6-12/h4-8,19H,1-3H3,(H,17,18). The predicted molar refractivity (Wildman–Crippen MR) is 77.4 cm³/mol. The van der Waals surface area contributed by atoms with Gasteiger partial charge in [0, 0.05) is 5.56 Å². The van der Waals surface area contributed by atoms with Gasteiger partial charge in [-0.25, -0.2) is 4.98 Å². The molecule has 0 aliphatic carbocycles. The molecule has 0 saturated heterocycles. The minimum Gasteiger partial charge on any atom is -0.508 e. The molecule has 19 heavy (non-hydrogen) atoms. The van der Waals surface area contributed by atoms with Crippen molar-refractivity contribution in [2.45, 2.75) is 20.8 Å². The van der Waals surface area contributed by atoms with E-state index in [0.717, 1.165) is 28.0 Å². The SMILES string of the molecule is Cc1cc2nc(-c3ccc(O)c(C)c3)[nH]c2cc1C. The van der Waals surface area contributed by atoms with E-state index in [1.165, 1.54) is 11.1 Å². The van der Waals surface area contributed by atoms with Gasteiger partial charge in [-0.1, -0.05) is 0 Å². The first kappa shape index (κ1) is 11.8. The van der Waals surface area contributed by atoms with Crippen LogP contribution in [-0.4, -0.2) is 15.1 Å². The second-order valence-corrected chi connectivity index (χ2v) is 5.04. The molecule has 0 saturated carbocycles. The number of H-pyrrole nitrogens is 1. The highest BCUT2D eigenvalue weighted by Gasteiger charge is 2.08. The summed E-state index contributed by atoms with van der Waals surface area (Å²) in [4.78, 5) is 7.95. The Balaban J connectivity index is 2.17. The van der Waals surface area contributed by atoms with Gasteiger partial charge in [-0.05, 0) is 67.8 Å². The van der Waals surface area contributed by atoms with Gasteiger partial charge in [0.25, 0.3) is 0 Å². The molecule has 3 aromatic rings. The van der Waals surface area contributed by atoms with Crippen molar-refractivity contribution in [2.75, 3.05) is 0 Å². The first-order chi connectivity index (χ1) is 9.04. The van der Waals surface area contributed by atoms with E-state index in [1.54, 1.807) is 6.07 Å². The fourth-order valence-electron chi connectivity index (χ4n) is 2.21. The molecule has 2 aromatic carbocycles. The number of aromatic hydroxyl groups is 1. The van der Waals surface area contributed by atoms with Crippen LogP contribution in [0.3, 0.4) is 0 Å². The van der Waals surface area contributed by atoms with E-state index in [2.05, 4.69) is 35.9 Å². The Hall–Kier alpha value is -2.29. The first-order valence-electron chi connectivity index (χ1n) is 6.31. The molecular weight excluding hydrogens is 236 g/mol. The van der Waals surface area contributed by atoms with E-state index in [4.69, 9.17) is 0 Å². The van der Waals surface area contributed by atoms with E-state index < -0.39 is 0 Å². The molecule has 0 bridgehead atoms. The lowest BCUT2D eigenvalue weighted by molar-refractivity contribution is 0.471. The smallest absolute Gasteiger partial charge is 0.138 e. The Morgan fingerprint density at radius 1 is 0.947 bits per heavy atom. The van der Waals surface area contributed by atoms with Crippen molar-refractivity contribution in [3.05, 3.63) is 47.0 Å². The maximum absolute atomic E-state index is 9.57. The number of hydrogen-bond donors (Lipinski definition) is 2. The van der Waals surface area contributed by atoms with Crippen molar-refractivity contribution < 1.29 is 5.11 Å². The predicted octanol–water partition coefficient (Wildman–Crippen LogP) is 3.86. The van der Waals surface area contributed by atoms with E-state index in [9.17, 15) is 5.11 Å². The average Bonchev–Trinajstić information content (AvgIpc) is 2.76. The van der Waals surface area contributed by atoms with Crippen LogP contribution in [0.15, 0.2) is 30.3 Å². The normalized spacial score (nSPS) is 11.1. The molecule has 0 spiro atoms. The van der Waals surface area contributed by atoms with Crippen LogP contribution in [0, 0.1) is 20.8 Å². The molecule has 0 radical (unpaired) electrons. The average molecular weight is 252 g/mol. The Morgan fingerprint density at radius 2 is 1.68 bits per heavy atom. The number of fused-ring (bicyclic) bond motifs is 1. The topological polar surface area (TPSA) is 48.9 Å². The summed E-state index contributed by atoms with van der Waals surface area (Å²) in [5.74, 6) is 1.15. The van der Waals surface area contributed by atoms with Gasteiger partial charge in [0.2, 0.25) is 0 Å². The fourth-order valence-corrected chi connectivity index (χ4v) is 2.21. The lowest BCUT2D eigenvalue weighted by Gasteiger charge is -2.00. The molecule has 3 nitrogen and oxygen atoms in total. The number of phenols is 1. The van der Waals surface area contributed by atoms with Crippen LogP contribution in [0.2, 0.25) is 0 Å². The van der Waals surface area contributed by atoms with E-state index in [-0.39, 0.29) is 0 Å². The number of nitrogens with zero attached hydrogens (tertiary/aromatic N) is 1. The molecule has 0 amide bonds. The second kappa shape index (κ2) is 4.12. The highest BCUT2D eigenvalue weighted by atomic mass is 16.3. The van der Waals surface area contributed by atoms with Crippen molar-refractivity contribution in [1.82, 2.24) is 9.97 Å². The third-order valence-corrected chi connectivity index (χ3v) is 3.57. The van der Waals surface area contributed by atoms with Crippen molar-refractivity contribution in [3.8, 4) is 17.1 Å². The first-order valence-corrected chi connectivity index (χ1v) is 6.31. The minimum absolute atomic E-state index is 0.312. The van der Waals surface area contributed by atoms with Gasteiger partial charge < -0.3 is 10.1 Å². The number of rotatable bonds is 1. The van der Waals surface area contributed by atoms with Gasteiger partial charge >= 0.3 is 0 Å². The summed E-state index contributed by atoms with van der Waals surface area (Å²) >= 11 is 0. The van der Waals surface area contributed by atoms with Crippen LogP contribution in [-0.2, 0) is 0 Å². The number of aromatic amines is 1. The summed E-state index contributed by atoms with van der Waals surface area (Å²) in [6.07, 6.45) is 0. The third-order valence-electron chi connectivity index (χ3n) is 3.57. The minimum atomic E-state index is 0.312. The zero-order valence-electron chi connectivity index (χ0n) is 11.3. The number of phenolic OH excluding ortho intramolecular Hbond substituents is 1. The summed E-state index contributed by atoms with van der Waals surface area (Å²) in [6.45, 7) is 6.07. The van der Waals surface area contributed by atoms with Crippen LogP contribution in [0.1, 0.15) is 16.7 Å².